The number of fused-ring (bicyclic) bond motifs is 1. The van der Waals surface area contributed by atoms with Crippen LogP contribution >= 0.6 is 0 Å². The molecule has 0 heterocycles. The van der Waals surface area contributed by atoms with Crippen LogP contribution in [0.2, 0.25) is 0 Å². The molecule has 0 saturated carbocycles. The van der Waals surface area contributed by atoms with Gasteiger partial charge in [0.25, 0.3) is 0 Å². The van der Waals surface area contributed by atoms with Crippen LogP contribution in [0.4, 0.5) is 0 Å². The Morgan fingerprint density at radius 1 is 0.889 bits per heavy atom. The lowest BCUT2D eigenvalue weighted by molar-refractivity contribution is -0.133. The molecule has 2 rings (SSSR count). The summed E-state index contributed by atoms with van der Waals surface area (Å²) in [7, 11) is 1.24. The van der Waals surface area contributed by atoms with Crippen LogP contribution in [0.5, 0.6) is 11.5 Å². The van der Waals surface area contributed by atoms with E-state index in [2.05, 4.69) is 0 Å². The molecule has 0 saturated heterocycles. The van der Waals surface area contributed by atoms with Gasteiger partial charge in [0.15, 0.2) is 5.75 Å². The van der Waals surface area contributed by atoms with Gasteiger partial charge in [-0.25, -0.2) is 4.79 Å². The molecule has 0 aromatic heterocycles. The molecule has 142 valence electrons. The van der Waals surface area contributed by atoms with Crippen LogP contribution in [-0.4, -0.2) is 25.0 Å². The Morgan fingerprint density at radius 3 is 1.89 bits per heavy atom. The van der Waals surface area contributed by atoms with Crippen molar-refractivity contribution in [1.29, 1.82) is 0 Å². The molecule has 27 heavy (non-hydrogen) atoms. The van der Waals surface area contributed by atoms with Gasteiger partial charge in [0, 0.05) is 30.2 Å². The Bertz CT molecular complexity index is 935. The van der Waals surface area contributed by atoms with Crippen molar-refractivity contribution in [3.63, 3.8) is 0 Å². The van der Waals surface area contributed by atoms with E-state index in [0.29, 0.717) is 22.8 Å². The van der Waals surface area contributed by atoms with Crippen molar-refractivity contribution in [2.45, 2.75) is 34.1 Å². The number of allylic oxidation sites excluding steroid dienone is 2. The van der Waals surface area contributed by atoms with Crippen LogP contribution in [0.25, 0.3) is 10.8 Å². The summed E-state index contributed by atoms with van der Waals surface area (Å²) in [5.41, 5.74) is 1.51. The molecule has 0 aliphatic carbocycles. The fourth-order valence-electron chi connectivity index (χ4n) is 2.76. The van der Waals surface area contributed by atoms with E-state index in [1.54, 1.807) is 24.3 Å². The summed E-state index contributed by atoms with van der Waals surface area (Å²) in [5.74, 6) is -1.42. The average molecular weight is 370 g/mol. The number of methoxy groups -OCH3 is 1. The summed E-state index contributed by atoms with van der Waals surface area (Å²) in [4.78, 5) is 36.0. The van der Waals surface area contributed by atoms with Crippen LogP contribution in [-0.2, 0) is 20.7 Å². The number of hydrogen-bond acceptors (Lipinski definition) is 6. The smallest absolute Gasteiger partial charge is 0.342 e. The summed E-state index contributed by atoms with van der Waals surface area (Å²) in [6.45, 7) is 6.37. The molecule has 6 nitrogen and oxygen atoms in total. The first-order valence-electron chi connectivity index (χ1n) is 8.42. The Kier molecular flexibility index (Phi) is 6.34. The second-order valence-electron chi connectivity index (χ2n) is 6.22. The first-order chi connectivity index (χ1) is 12.8. The maximum atomic E-state index is 12.6. The predicted molar refractivity (Wildman–Crippen MR) is 101 cm³/mol. The zero-order chi connectivity index (χ0) is 20.1. The monoisotopic (exact) mass is 370 g/mol. The molecule has 6 heteroatoms. The molecule has 0 amide bonds. The van der Waals surface area contributed by atoms with Crippen LogP contribution in [0.3, 0.4) is 0 Å². The van der Waals surface area contributed by atoms with Crippen molar-refractivity contribution in [3.05, 3.63) is 47.0 Å². The first-order valence-corrected chi connectivity index (χ1v) is 8.42. The second-order valence-corrected chi connectivity index (χ2v) is 6.22. The van der Waals surface area contributed by atoms with Gasteiger partial charge in [0.2, 0.25) is 0 Å². The molecule has 0 unspecified atom stereocenters. The van der Waals surface area contributed by atoms with Gasteiger partial charge >= 0.3 is 17.9 Å². The van der Waals surface area contributed by atoms with Crippen molar-refractivity contribution in [1.82, 2.24) is 0 Å². The Hall–Kier alpha value is -3.15. The highest BCUT2D eigenvalue weighted by Crippen LogP contribution is 2.42. The van der Waals surface area contributed by atoms with Gasteiger partial charge in [-0.05, 0) is 20.3 Å². The molecule has 0 fully saturated rings. The molecule has 0 radical (unpaired) electrons. The van der Waals surface area contributed by atoms with Gasteiger partial charge in [-0.1, -0.05) is 35.9 Å². The molecule has 0 spiro atoms. The van der Waals surface area contributed by atoms with Gasteiger partial charge in [0.05, 0.1) is 7.11 Å². The van der Waals surface area contributed by atoms with Gasteiger partial charge in [0.1, 0.15) is 11.3 Å². The lowest BCUT2D eigenvalue weighted by Crippen LogP contribution is -2.15. The van der Waals surface area contributed by atoms with Gasteiger partial charge in [-0.15, -0.1) is 0 Å². The highest BCUT2D eigenvalue weighted by Gasteiger charge is 2.27. The molecule has 2 aromatic rings. The average Bonchev–Trinajstić information content (AvgIpc) is 2.60. The van der Waals surface area contributed by atoms with Gasteiger partial charge < -0.3 is 14.2 Å². The number of rotatable bonds is 5. The van der Waals surface area contributed by atoms with E-state index in [0.717, 1.165) is 5.57 Å². The predicted octanol–water partition coefficient (Wildman–Crippen LogP) is 3.99. The van der Waals surface area contributed by atoms with E-state index in [1.807, 2.05) is 19.9 Å². The van der Waals surface area contributed by atoms with Gasteiger partial charge in [-0.2, -0.15) is 0 Å². The van der Waals surface area contributed by atoms with Crippen molar-refractivity contribution < 1.29 is 28.6 Å². The third-order valence-corrected chi connectivity index (χ3v) is 3.81. The van der Waals surface area contributed by atoms with Crippen molar-refractivity contribution in [3.8, 4) is 11.5 Å². The molecular weight excluding hydrogens is 348 g/mol. The number of esters is 3. The molecule has 0 bridgehead atoms. The van der Waals surface area contributed by atoms with Crippen molar-refractivity contribution in [2.75, 3.05) is 7.11 Å². The molecule has 0 atom stereocenters. The first kappa shape index (κ1) is 20.2. The summed E-state index contributed by atoms with van der Waals surface area (Å²) in [6, 6.07) is 6.95. The van der Waals surface area contributed by atoms with Crippen LogP contribution < -0.4 is 9.47 Å². The molecule has 0 aliphatic rings. The summed E-state index contributed by atoms with van der Waals surface area (Å²) >= 11 is 0. The summed E-state index contributed by atoms with van der Waals surface area (Å²) < 4.78 is 15.8. The number of hydrogen-bond donors (Lipinski definition) is 0. The zero-order valence-corrected chi connectivity index (χ0v) is 16.0. The van der Waals surface area contributed by atoms with E-state index >= 15 is 0 Å². The zero-order valence-electron chi connectivity index (χ0n) is 16.0. The topological polar surface area (TPSA) is 78.9 Å². The number of carbonyl (C=O) groups excluding carboxylic acids is 3. The lowest BCUT2D eigenvalue weighted by Gasteiger charge is -2.19. The van der Waals surface area contributed by atoms with Crippen molar-refractivity contribution >= 4 is 28.7 Å². The molecule has 0 aliphatic heterocycles. The van der Waals surface area contributed by atoms with Crippen molar-refractivity contribution in [2.24, 2.45) is 0 Å². The highest BCUT2D eigenvalue weighted by molar-refractivity contribution is 6.07. The number of benzene rings is 2. The minimum Gasteiger partial charge on any atom is -0.465 e. The molecule has 0 N–H and O–H groups in total. The lowest BCUT2D eigenvalue weighted by atomic mass is 9.95. The fraction of sp³-hybridized carbons (Fsp3) is 0.286. The summed E-state index contributed by atoms with van der Waals surface area (Å²) in [5, 5.41) is 1.04. The number of carbonyl (C=O) groups is 3. The van der Waals surface area contributed by atoms with Gasteiger partial charge in [-0.3, -0.25) is 9.59 Å². The molecule has 2 aromatic carbocycles. The summed E-state index contributed by atoms with van der Waals surface area (Å²) in [6.07, 6.45) is 2.19. The maximum absolute atomic E-state index is 12.6. The standard InChI is InChI=1S/C21H22O6/c1-12(2)10-11-17-18(21(24)25-5)20(27-14(4)23)16-9-7-6-8-15(16)19(17)26-13(3)22/h6-10H,11H2,1-5H3. The Balaban J connectivity index is 3.00. The Morgan fingerprint density at radius 2 is 1.41 bits per heavy atom. The highest BCUT2D eigenvalue weighted by atomic mass is 16.5. The Labute approximate surface area is 157 Å². The van der Waals surface area contributed by atoms with E-state index < -0.39 is 17.9 Å². The van der Waals surface area contributed by atoms with E-state index in [4.69, 9.17) is 14.2 Å². The quantitative estimate of drug-likeness (QED) is 0.450. The fourth-order valence-corrected chi connectivity index (χ4v) is 2.76. The minimum absolute atomic E-state index is 0.0696. The second kappa shape index (κ2) is 8.49. The molecular formula is C21H22O6. The largest absolute Gasteiger partial charge is 0.465 e. The van der Waals surface area contributed by atoms with E-state index in [1.165, 1.54) is 21.0 Å². The van der Waals surface area contributed by atoms with Crippen LogP contribution in [0.15, 0.2) is 35.9 Å². The third-order valence-electron chi connectivity index (χ3n) is 3.81. The maximum Gasteiger partial charge on any atom is 0.342 e. The van der Waals surface area contributed by atoms with Crippen LogP contribution in [0, 0.1) is 0 Å². The van der Waals surface area contributed by atoms with Crippen LogP contribution in [0.1, 0.15) is 43.6 Å². The normalized spacial score (nSPS) is 10.3. The van der Waals surface area contributed by atoms with E-state index in [-0.39, 0.29) is 17.1 Å². The third kappa shape index (κ3) is 4.53. The number of ether oxygens (including phenoxy) is 3. The SMILES string of the molecule is COC(=O)c1c(CC=C(C)C)c(OC(C)=O)c2ccccc2c1OC(C)=O. The minimum atomic E-state index is -0.678. The van der Waals surface area contributed by atoms with E-state index in [9.17, 15) is 14.4 Å².